The summed E-state index contributed by atoms with van der Waals surface area (Å²) < 4.78 is 0. The van der Waals surface area contributed by atoms with Gasteiger partial charge in [-0.2, -0.15) is 0 Å². The second-order valence-electron chi connectivity index (χ2n) is 4.62. The van der Waals surface area contributed by atoms with Crippen LogP contribution in [0.1, 0.15) is 58.8 Å². The minimum absolute atomic E-state index is 0. The Hall–Kier alpha value is 0.749. The summed E-state index contributed by atoms with van der Waals surface area (Å²) in [6, 6.07) is 0. The van der Waals surface area contributed by atoms with E-state index in [4.69, 9.17) is 9.90 Å². The number of carboxylic acids is 4. The van der Waals surface area contributed by atoms with E-state index >= 15 is 0 Å². The molecule has 0 N–H and O–H groups in total. The van der Waals surface area contributed by atoms with Crippen molar-refractivity contribution in [3.05, 3.63) is 0 Å². The fraction of sp³-hybridized carbons (Fsp3) is 0.733. The van der Waals surface area contributed by atoms with Gasteiger partial charge in [0.05, 0.1) is 11.9 Å². The topological polar surface area (TPSA) is 161 Å². The first-order valence-corrected chi connectivity index (χ1v) is 8.63. The Balaban J connectivity index is -0.0000000892. The average Bonchev–Trinajstić information content (AvgIpc) is 2.41. The van der Waals surface area contributed by atoms with Crippen LogP contribution < -0.4 is 20.4 Å². The Morgan fingerprint density at radius 3 is 1.35 bits per heavy atom. The zero-order valence-electron chi connectivity index (χ0n) is 15.5. The van der Waals surface area contributed by atoms with Crippen LogP contribution in [-0.4, -0.2) is 111 Å². The number of carbonyl (C=O) groups excluding carboxylic acids is 4. The predicted molar refractivity (Wildman–Crippen MR) is 92.5 cm³/mol. The maximum atomic E-state index is 9.98. The number of unbranched alkanes of at least 4 members (excludes halogenated alkanes) is 5. The Bertz CT molecular complexity index is 350. The van der Waals surface area contributed by atoms with E-state index in [1.807, 2.05) is 0 Å². The monoisotopic (exact) mass is 444 g/mol. The van der Waals surface area contributed by atoms with E-state index in [1.54, 1.807) is 0 Å². The fourth-order valence-corrected chi connectivity index (χ4v) is 1.70. The molecule has 0 atom stereocenters. The van der Waals surface area contributed by atoms with E-state index in [-0.39, 0.29) is 93.4 Å². The molecule has 0 fully saturated rings. The SMILES string of the molecule is CC(=O)[O-].CCCCCCCCC(=O)[O-].O=C([O-])CSCC(=O)[O-].[Ca+2].[Ca+2]. The third-order valence-electron chi connectivity index (χ3n) is 2.17. The molecule has 0 amide bonds. The molecule has 0 saturated carbocycles. The summed E-state index contributed by atoms with van der Waals surface area (Å²) in [5, 5.41) is 38.1. The Morgan fingerprint density at radius 1 is 0.692 bits per heavy atom. The summed E-state index contributed by atoms with van der Waals surface area (Å²) >= 11 is 0.745. The third kappa shape index (κ3) is 64.2. The molecule has 0 aliphatic carbocycles. The number of thioether (sulfide) groups is 1. The zero-order chi connectivity index (χ0) is 19.4. The number of aliphatic carboxylic acids is 4. The number of rotatable bonds is 11. The Morgan fingerprint density at radius 2 is 1.04 bits per heavy atom. The molecule has 142 valence electrons. The van der Waals surface area contributed by atoms with Crippen LogP contribution in [0.5, 0.6) is 0 Å². The quantitative estimate of drug-likeness (QED) is 0.235. The van der Waals surface area contributed by atoms with E-state index < -0.39 is 23.9 Å². The van der Waals surface area contributed by atoms with Gasteiger partial charge in [-0.25, -0.2) is 0 Å². The van der Waals surface area contributed by atoms with E-state index in [2.05, 4.69) is 6.92 Å². The van der Waals surface area contributed by atoms with Gasteiger partial charge in [-0.3, -0.25) is 0 Å². The van der Waals surface area contributed by atoms with Crippen molar-refractivity contribution in [1.82, 2.24) is 0 Å². The molecule has 0 aliphatic rings. The van der Waals surface area contributed by atoms with Gasteiger partial charge in [0, 0.05) is 23.4 Å². The summed E-state index contributed by atoms with van der Waals surface area (Å²) in [6.45, 7) is 3.14. The van der Waals surface area contributed by atoms with Gasteiger partial charge in [0.1, 0.15) is 0 Å². The standard InChI is InChI=1S/C9H18O2.C4H6O4S.C2H4O2.2Ca/c1-2-3-4-5-6-7-8-9(10)11;5-3(6)1-9-2-4(7)8;1-2(3)4;;/h2-8H2,1H3,(H,10,11);1-2H2,(H,5,6)(H,7,8);1H3,(H,3,4);;/q;;;2*+2/p-4. The van der Waals surface area contributed by atoms with Gasteiger partial charge in [0.2, 0.25) is 0 Å². The molecule has 0 unspecified atom stereocenters. The molecule has 0 saturated heterocycles. The van der Waals surface area contributed by atoms with Crippen molar-refractivity contribution in [3.8, 4) is 0 Å². The van der Waals surface area contributed by atoms with Crippen LogP contribution in [0.4, 0.5) is 0 Å². The van der Waals surface area contributed by atoms with Crippen LogP contribution in [0.2, 0.25) is 0 Å². The van der Waals surface area contributed by atoms with Crippen molar-refractivity contribution < 1.29 is 39.6 Å². The largest absolute Gasteiger partial charge is 2.00 e. The molecule has 0 bridgehead atoms. The molecular formula is C15H24Ca2O8S. The minimum atomic E-state index is -1.26. The van der Waals surface area contributed by atoms with Crippen LogP contribution in [0.15, 0.2) is 0 Å². The van der Waals surface area contributed by atoms with Crippen molar-refractivity contribution >= 4 is 111 Å². The summed E-state index contributed by atoms with van der Waals surface area (Å²) in [7, 11) is 0. The van der Waals surface area contributed by atoms with Gasteiger partial charge < -0.3 is 39.6 Å². The van der Waals surface area contributed by atoms with Crippen molar-refractivity contribution in [3.63, 3.8) is 0 Å². The van der Waals surface area contributed by atoms with Crippen LogP contribution in [0, 0.1) is 0 Å². The van der Waals surface area contributed by atoms with E-state index in [9.17, 15) is 29.7 Å². The van der Waals surface area contributed by atoms with Crippen molar-refractivity contribution in [2.24, 2.45) is 0 Å². The number of carboxylic acid groups (broad SMARTS) is 4. The molecule has 0 radical (unpaired) electrons. The van der Waals surface area contributed by atoms with Gasteiger partial charge in [0.15, 0.2) is 0 Å². The molecule has 0 aromatic carbocycles. The summed E-state index contributed by atoms with van der Waals surface area (Å²) in [5.41, 5.74) is 0. The average molecular weight is 445 g/mol. The number of hydrogen-bond donors (Lipinski definition) is 0. The summed E-state index contributed by atoms with van der Waals surface area (Å²) in [5.74, 6) is -5.12. The van der Waals surface area contributed by atoms with Gasteiger partial charge in [0.25, 0.3) is 0 Å². The molecule has 8 nitrogen and oxygen atoms in total. The van der Waals surface area contributed by atoms with E-state index in [0.29, 0.717) is 0 Å². The van der Waals surface area contributed by atoms with Crippen molar-refractivity contribution in [2.45, 2.75) is 58.8 Å². The van der Waals surface area contributed by atoms with Crippen LogP contribution in [0.3, 0.4) is 0 Å². The second-order valence-corrected chi connectivity index (χ2v) is 5.60. The molecule has 0 aromatic rings. The molecule has 0 aromatic heterocycles. The Labute approximate surface area is 218 Å². The van der Waals surface area contributed by atoms with Crippen molar-refractivity contribution in [1.29, 1.82) is 0 Å². The third-order valence-corrected chi connectivity index (χ3v) is 3.05. The molecule has 26 heavy (non-hydrogen) atoms. The van der Waals surface area contributed by atoms with E-state index in [0.717, 1.165) is 31.5 Å². The van der Waals surface area contributed by atoms with Gasteiger partial charge in [-0.05, 0) is 19.8 Å². The molecule has 11 heteroatoms. The van der Waals surface area contributed by atoms with E-state index in [1.165, 1.54) is 25.7 Å². The number of carbonyl (C=O) groups is 4. The maximum absolute atomic E-state index is 9.98. The van der Waals surface area contributed by atoms with Crippen LogP contribution in [0.25, 0.3) is 0 Å². The zero-order valence-corrected chi connectivity index (χ0v) is 20.7. The van der Waals surface area contributed by atoms with Gasteiger partial charge >= 0.3 is 75.5 Å². The number of hydrogen-bond acceptors (Lipinski definition) is 9. The molecule has 0 heterocycles. The summed E-state index contributed by atoms with van der Waals surface area (Å²) in [4.78, 5) is 38.1. The van der Waals surface area contributed by atoms with Gasteiger partial charge in [-0.1, -0.05) is 39.0 Å². The first-order valence-electron chi connectivity index (χ1n) is 7.48. The normalized spacial score (nSPS) is 8.23. The van der Waals surface area contributed by atoms with Gasteiger partial charge in [-0.15, -0.1) is 11.8 Å². The smallest absolute Gasteiger partial charge is 0.550 e. The van der Waals surface area contributed by atoms with Crippen molar-refractivity contribution in [2.75, 3.05) is 11.5 Å². The molecular weight excluding hydrogens is 420 g/mol. The second kappa shape index (κ2) is 30.5. The van der Waals surface area contributed by atoms with Crippen LogP contribution in [-0.2, 0) is 19.2 Å². The minimum Gasteiger partial charge on any atom is -0.550 e. The Kier molecular flexibility index (Phi) is 43.9. The predicted octanol–water partition coefficient (Wildman–Crippen LogP) is -3.30. The summed E-state index contributed by atoms with van der Waals surface area (Å²) in [6.07, 6.45) is 6.96. The van der Waals surface area contributed by atoms with Crippen LogP contribution >= 0.6 is 11.8 Å². The first-order chi connectivity index (χ1) is 11.1. The molecule has 0 spiro atoms. The first kappa shape index (κ1) is 37.5. The fourth-order valence-electron chi connectivity index (χ4n) is 1.27. The molecule has 0 rings (SSSR count). The molecule has 0 aliphatic heterocycles. The maximum Gasteiger partial charge on any atom is 2.00 e.